The van der Waals surface area contributed by atoms with Gasteiger partial charge in [0, 0.05) is 16.6 Å². The average Bonchev–Trinajstić information content (AvgIpc) is 3.29. The number of rotatable bonds is 6. The van der Waals surface area contributed by atoms with Gasteiger partial charge in [0.2, 0.25) is 10.0 Å². The van der Waals surface area contributed by atoms with Crippen LogP contribution in [0.15, 0.2) is 34.5 Å². The van der Waals surface area contributed by atoms with Crippen LogP contribution in [-0.2, 0) is 15.6 Å². The van der Waals surface area contributed by atoms with Crippen LogP contribution in [0.4, 0.5) is 13.2 Å². The highest BCUT2D eigenvalue weighted by Crippen LogP contribution is 2.41. The van der Waals surface area contributed by atoms with Crippen LogP contribution in [0.3, 0.4) is 0 Å². The number of aromatic nitrogens is 1. The van der Waals surface area contributed by atoms with Gasteiger partial charge in [-0.05, 0) is 44.0 Å². The number of nitrogens with zero attached hydrogens (tertiary/aromatic N) is 1. The number of thiazole rings is 1. The maximum atomic E-state index is 12.9. The van der Waals surface area contributed by atoms with Crippen molar-refractivity contribution in [3.63, 3.8) is 0 Å². The Morgan fingerprint density at radius 2 is 1.83 bits per heavy atom. The Morgan fingerprint density at radius 1 is 1.21 bits per heavy atom. The van der Waals surface area contributed by atoms with E-state index in [9.17, 15) is 26.4 Å². The fourth-order valence-corrected chi connectivity index (χ4v) is 5.80. The molecule has 0 atom stereocenters. The maximum Gasteiger partial charge on any atom is 0.405 e. The van der Waals surface area contributed by atoms with Gasteiger partial charge < -0.3 is 5.32 Å². The van der Waals surface area contributed by atoms with Gasteiger partial charge in [-0.25, -0.2) is 13.4 Å². The highest BCUT2D eigenvalue weighted by atomic mass is 32.2. The highest BCUT2D eigenvalue weighted by Gasteiger charge is 2.42. The number of aryl methyl sites for hydroxylation is 1. The first kappa shape index (κ1) is 21.7. The molecule has 0 radical (unpaired) electrons. The van der Waals surface area contributed by atoms with Crippen molar-refractivity contribution in [2.24, 2.45) is 0 Å². The summed E-state index contributed by atoms with van der Waals surface area (Å²) in [4.78, 5) is 16.2. The van der Waals surface area contributed by atoms with Crippen molar-refractivity contribution in [2.45, 2.75) is 49.2 Å². The number of carbonyl (C=O) groups excluding carboxylic acids is 1. The maximum absolute atomic E-state index is 12.9. The molecule has 1 aliphatic carbocycles. The second kappa shape index (κ2) is 8.04. The minimum atomic E-state index is -4.52. The van der Waals surface area contributed by atoms with Crippen LogP contribution in [-0.4, -0.2) is 32.0 Å². The minimum Gasteiger partial charge on any atom is -0.343 e. The van der Waals surface area contributed by atoms with Gasteiger partial charge in [-0.3, -0.25) is 4.79 Å². The van der Waals surface area contributed by atoms with E-state index < -0.39 is 34.2 Å². The predicted octanol–water partition coefficient (Wildman–Crippen LogP) is 3.49. The van der Waals surface area contributed by atoms with Crippen molar-refractivity contribution < 1.29 is 26.4 Å². The normalized spacial score (nSPS) is 16.7. The summed E-state index contributed by atoms with van der Waals surface area (Å²) in [6.45, 7) is 0.392. The molecule has 0 bridgehead atoms. The van der Waals surface area contributed by atoms with E-state index in [1.54, 1.807) is 5.32 Å². The molecule has 11 heteroatoms. The van der Waals surface area contributed by atoms with Crippen molar-refractivity contribution in [2.75, 3.05) is 6.54 Å². The van der Waals surface area contributed by atoms with Gasteiger partial charge in [-0.15, -0.1) is 11.3 Å². The number of carbonyl (C=O) groups is 1. The van der Waals surface area contributed by atoms with Gasteiger partial charge in [0.15, 0.2) is 0 Å². The van der Waals surface area contributed by atoms with Crippen molar-refractivity contribution in [1.29, 1.82) is 0 Å². The molecule has 1 fully saturated rings. The van der Waals surface area contributed by atoms with E-state index >= 15 is 0 Å². The fourth-order valence-electron chi connectivity index (χ4n) is 3.30. The number of hydrogen-bond acceptors (Lipinski definition) is 5. The Balaban J connectivity index is 1.78. The van der Waals surface area contributed by atoms with Gasteiger partial charge >= 0.3 is 6.18 Å². The molecule has 0 aliphatic heterocycles. The molecule has 3 rings (SSSR count). The number of benzene rings is 1. The van der Waals surface area contributed by atoms with E-state index in [0.717, 1.165) is 23.5 Å². The van der Waals surface area contributed by atoms with E-state index in [1.165, 1.54) is 35.6 Å². The zero-order chi connectivity index (χ0) is 21.3. The Hall–Kier alpha value is -1.98. The van der Waals surface area contributed by atoms with Gasteiger partial charge in [0.05, 0.1) is 10.4 Å². The van der Waals surface area contributed by atoms with Crippen LogP contribution < -0.4 is 10.0 Å². The Kier molecular flexibility index (Phi) is 6.02. The summed E-state index contributed by atoms with van der Waals surface area (Å²) in [5.74, 6) is -0.926. The predicted molar refractivity (Wildman–Crippen MR) is 102 cm³/mol. The molecule has 1 aliphatic rings. The third kappa shape index (κ3) is 5.14. The molecule has 6 nitrogen and oxygen atoms in total. The summed E-state index contributed by atoms with van der Waals surface area (Å²) in [7, 11) is -3.91. The Bertz CT molecular complexity index is 980. The minimum absolute atomic E-state index is 0.0562. The van der Waals surface area contributed by atoms with Crippen LogP contribution in [0.1, 0.15) is 46.7 Å². The molecular formula is C18H20F3N3O3S2. The van der Waals surface area contributed by atoms with Crippen LogP contribution in [0.25, 0.3) is 0 Å². The molecule has 2 aromatic rings. The molecule has 1 aromatic heterocycles. The van der Waals surface area contributed by atoms with E-state index in [-0.39, 0.29) is 10.5 Å². The number of amides is 1. The molecule has 158 valence electrons. The summed E-state index contributed by atoms with van der Waals surface area (Å²) < 4.78 is 65.3. The summed E-state index contributed by atoms with van der Waals surface area (Å²) in [6.07, 6.45) is -1.50. The number of alkyl halides is 3. The first-order valence-corrected chi connectivity index (χ1v) is 11.3. The van der Waals surface area contributed by atoms with Crippen molar-refractivity contribution in [1.82, 2.24) is 15.0 Å². The second-order valence-corrected chi connectivity index (χ2v) is 9.55. The van der Waals surface area contributed by atoms with Gasteiger partial charge in [0.1, 0.15) is 11.6 Å². The lowest BCUT2D eigenvalue weighted by atomic mass is 10.0. The zero-order valence-corrected chi connectivity index (χ0v) is 17.2. The Labute approximate surface area is 170 Å². The first-order valence-electron chi connectivity index (χ1n) is 8.92. The largest absolute Gasteiger partial charge is 0.405 e. The Morgan fingerprint density at radius 3 is 2.34 bits per heavy atom. The van der Waals surface area contributed by atoms with E-state index in [0.29, 0.717) is 12.8 Å². The molecule has 1 saturated carbocycles. The topological polar surface area (TPSA) is 88.2 Å². The van der Waals surface area contributed by atoms with Gasteiger partial charge in [0.25, 0.3) is 5.91 Å². The van der Waals surface area contributed by atoms with E-state index in [1.807, 2.05) is 12.3 Å². The second-order valence-electron chi connectivity index (χ2n) is 7.01. The smallest absolute Gasteiger partial charge is 0.343 e. The lowest BCUT2D eigenvalue weighted by Gasteiger charge is -2.27. The number of halogens is 3. The van der Waals surface area contributed by atoms with Crippen molar-refractivity contribution >= 4 is 27.3 Å². The standard InChI is InChI=1S/C18H20F3N3O3S2/c1-12-10-28-16(23-12)17(8-2-3-9-17)24-29(26,27)14-6-4-13(5-7-14)15(25)22-11-18(19,20)21/h4-7,10,24H,2-3,8-9,11H2,1H3,(H,22,25). The SMILES string of the molecule is Cc1csc(C2(NS(=O)(=O)c3ccc(C(=O)NCC(F)(F)F)cc3)CCCC2)n1. The monoisotopic (exact) mass is 447 g/mol. The summed E-state index contributed by atoms with van der Waals surface area (Å²) in [5, 5.41) is 4.34. The number of nitrogens with one attached hydrogen (secondary N) is 2. The molecule has 1 aromatic carbocycles. The van der Waals surface area contributed by atoms with E-state index in [2.05, 4.69) is 9.71 Å². The third-order valence-corrected chi connectivity index (χ3v) is 7.41. The fraction of sp³-hybridized carbons (Fsp3) is 0.444. The average molecular weight is 448 g/mol. The van der Waals surface area contributed by atoms with Crippen LogP contribution >= 0.6 is 11.3 Å². The molecule has 29 heavy (non-hydrogen) atoms. The summed E-state index contributed by atoms with van der Waals surface area (Å²) in [5.41, 5.74) is 0.00424. The van der Waals surface area contributed by atoms with Crippen molar-refractivity contribution in [3.8, 4) is 0 Å². The molecule has 0 saturated heterocycles. The molecule has 1 heterocycles. The lowest BCUT2D eigenvalue weighted by molar-refractivity contribution is -0.123. The molecule has 2 N–H and O–H groups in total. The zero-order valence-electron chi connectivity index (χ0n) is 15.5. The van der Waals surface area contributed by atoms with Crippen LogP contribution in [0, 0.1) is 6.92 Å². The molecule has 1 amide bonds. The third-order valence-electron chi connectivity index (χ3n) is 4.69. The lowest BCUT2D eigenvalue weighted by Crippen LogP contribution is -2.43. The van der Waals surface area contributed by atoms with E-state index in [4.69, 9.17) is 0 Å². The van der Waals surface area contributed by atoms with Crippen molar-refractivity contribution in [3.05, 3.63) is 45.9 Å². The first-order chi connectivity index (χ1) is 13.5. The number of hydrogen-bond donors (Lipinski definition) is 2. The highest BCUT2D eigenvalue weighted by molar-refractivity contribution is 7.89. The molecular weight excluding hydrogens is 427 g/mol. The van der Waals surface area contributed by atoms with Gasteiger partial charge in [-0.2, -0.15) is 17.9 Å². The molecule has 0 spiro atoms. The number of sulfonamides is 1. The quantitative estimate of drug-likeness (QED) is 0.710. The van der Waals surface area contributed by atoms with Crippen LogP contribution in [0.2, 0.25) is 0 Å². The van der Waals surface area contributed by atoms with Crippen LogP contribution in [0.5, 0.6) is 0 Å². The van der Waals surface area contributed by atoms with Gasteiger partial charge in [-0.1, -0.05) is 12.8 Å². The molecule has 0 unspecified atom stereocenters. The summed E-state index contributed by atoms with van der Waals surface area (Å²) >= 11 is 1.41. The summed E-state index contributed by atoms with van der Waals surface area (Å²) in [6, 6.07) is 4.80.